The maximum Gasteiger partial charge on any atom is 0.311 e. The Morgan fingerprint density at radius 1 is 1.06 bits per heavy atom. The fourth-order valence-electron chi connectivity index (χ4n) is 1.39. The first-order valence-corrected chi connectivity index (χ1v) is 6.80. The van der Waals surface area contributed by atoms with E-state index < -0.39 is 5.41 Å². The molecule has 2 nitrogen and oxygen atoms in total. The van der Waals surface area contributed by atoms with E-state index in [2.05, 4.69) is 13.0 Å². The largest absolute Gasteiger partial charge is 0.461 e. The van der Waals surface area contributed by atoms with Crippen LogP contribution in [0, 0.1) is 5.41 Å². The highest BCUT2D eigenvalue weighted by molar-refractivity contribution is 5.75. The Kier molecular flexibility index (Phi) is 8.83. The number of unbranched alkanes of at least 4 members (excludes halogenated alkanes) is 5. The van der Waals surface area contributed by atoms with Crippen molar-refractivity contribution < 1.29 is 9.53 Å². The van der Waals surface area contributed by atoms with Crippen LogP contribution in [0.2, 0.25) is 0 Å². The highest BCUT2D eigenvalue weighted by Crippen LogP contribution is 2.14. The second-order valence-corrected chi connectivity index (χ2v) is 5.52. The Labute approximate surface area is 106 Å². The van der Waals surface area contributed by atoms with Crippen LogP contribution in [-0.4, -0.2) is 12.6 Å². The molecule has 0 saturated heterocycles. The Bertz CT molecular complexity index is 224. The van der Waals surface area contributed by atoms with Gasteiger partial charge in [-0.05, 0) is 33.6 Å². The Balaban J connectivity index is 3.40. The molecule has 0 bridgehead atoms. The molecule has 0 aliphatic carbocycles. The number of rotatable bonds is 8. The van der Waals surface area contributed by atoms with Gasteiger partial charge in [-0.25, -0.2) is 0 Å². The SMILES string of the molecule is CCCCCCC/C=C/COC(=O)C(C)(C)C. The van der Waals surface area contributed by atoms with E-state index in [1.807, 2.05) is 26.8 Å². The molecule has 0 unspecified atom stereocenters. The Morgan fingerprint density at radius 2 is 1.71 bits per heavy atom. The zero-order valence-corrected chi connectivity index (χ0v) is 11.9. The third kappa shape index (κ3) is 10.1. The van der Waals surface area contributed by atoms with Crippen LogP contribution in [0.15, 0.2) is 12.2 Å². The lowest BCUT2D eigenvalue weighted by Crippen LogP contribution is -2.22. The van der Waals surface area contributed by atoms with Gasteiger partial charge in [-0.15, -0.1) is 0 Å². The van der Waals surface area contributed by atoms with Gasteiger partial charge in [-0.2, -0.15) is 0 Å². The molecular weight excluding hydrogens is 212 g/mol. The lowest BCUT2D eigenvalue weighted by atomic mass is 9.97. The normalized spacial score (nSPS) is 12.0. The summed E-state index contributed by atoms with van der Waals surface area (Å²) in [6.07, 6.45) is 11.7. The van der Waals surface area contributed by atoms with Crippen molar-refractivity contribution in [3.63, 3.8) is 0 Å². The summed E-state index contributed by atoms with van der Waals surface area (Å²) in [5.74, 6) is -0.134. The minimum Gasteiger partial charge on any atom is -0.461 e. The van der Waals surface area contributed by atoms with Crippen molar-refractivity contribution in [2.45, 2.75) is 66.2 Å². The van der Waals surface area contributed by atoms with Crippen LogP contribution in [-0.2, 0) is 9.53 Å². The third-order valence-corrected chi connectivity index (χ3v) is 2.56. The number of carbonyl (C=O) groups is 1. The maximum atomic E-state index is 11.4. The van der Waals surface area contributed by atoms with Crippen molar-refractivity contribution in [3.8, 4) is 0 Å². The lowest BCUT2D eigenvalue weighted by molar-refractivity contribution is -0.151. The van der Waals surface area contributed by atoms with E-state index in [9.17, 15) is 4.79 Å². The van der Waals surface area contributed by atoms with Crippen LogP contribution < -0.4 is 0 Å². The number of hydrogen-bond donors (Lipinski definition) is 0. The highest BCUT2D eigenvalue weighted by atomic mass is 16.5. The van der Waals surface area contributed by atoms with Gasteiger partial charge < -0.3 is 4.74 Å². The van der Waals surface area contributed by atoms with Crippen molar-refractivity contribution in [1.82, 2.24) is 0 Å². The van der Waals surface area contributed by atoms with Crippen LogP contribution in [0.5, 0.6) is 0 Å². The Morgan fingerprint density at radius 3 is 2.29 bits per heavy atom. The summed E-state index contributed by atoms with van der Waals surface area (Å²) in [4.78, 5) is 11.4. The molecule has 0 spiro atoms. The minimum atomic E-state index is -0.395. The lowest BCUT2D eigenvalue weighted by Gasteiger charge is -2.15. The summed E-state index contributed by atoms with van der Waals surface area (Å²) in [6.45, 7) is 8.24. The van der Waals surface area contributed by atoms with E-state index in [0.29, 0.717) is 6.61 Å². The summed E-state index contributed by atoms with van der Waals surface area (Å²) < 4.78 is 5.13. The smallest absolute Gasteiger partial charge is 0.311 e. The van der Waals surface area contributed by atoms with E-state index in [-0.39, 0.29) is 5.97 Å². The van der Waals surface area contributed by atoms with E-state index in [1.54, 1.807) is 0 Å². The monoisotopic (exact) mass is 240 g/mol. The van der Waals surface area contributed by atoms with Gasteiger partial charge in [0.05, 0.1) is 5.41 Å². The number of allylic oxidation sites excluding steroid dienone is 1. The Hall–Kier alpha value is -0.790. The van der Waals surface area contributed by atoms with Gasteiger partial charge in [0.1, 0.15) is 6.61 Å². The molecular formula is C15H28O2. The molecule has 0 saturated carbocycles. The molecule has 0 heterocycles. The first-order valence-electron chi connectivity index (χ1n) is 6.80. The number of hydrogen-bond acceptors (Lipinski definition) is 2. The first kappa shape index (κ1) is 16.2. The molecule has 0 aliphatic rings. The molecule has 2 heteroatoms. The summed E-state index contributed by atoms with van der Waals surface area (Å²) in [5.41, 5.74) is -0.395. The average Bonchev–Trinajstić information content (AvgIpc) is 2.25. The molecule has 0 aromatic carbocycles. The summed E-state index contributed by atoms with van der Waals surface area (Å²) in [7, 11) is 0. The molecule has 17 heavy (non-hydrogen) atoms. The quantitative estimate of drug-likeness (QED) is 0.355. The zero-order chi connectivity index (χ0) is 13.1. The van der Waals surface area contributed by atoms with Crippen LogP contribution in [0.1, 0.15) is 66.2 Å². The van der Waals surface area contributed by atoms with Gasteiger partial charge in [0.2, 0.25) is 0 Å². The van der Waals surface area contributed by atoms with E-state index in [4.69, 9.17) is 4.74 Å². The van der Waals surface area contributed by atoms with Gasteiger partial charge in [0.15, 0.2) is 0 Å². The number of carbonyl (C=O) groups excluding carboxylic acids is 1. The standard InChI is InChI=1S/C15H28O2/c1-5-6-7-8-9-10-11-12-13-17-14(16)15(2,3)4/h11-12H,5-10,13H2,1-4H3/b12-11+. The molecule has 0 amide bonds. The predicted molar refractivity (Wildman–Crippen MR) is 72.9 cm³/mol. The highest BCUT2D eigenvalue weighted by Gasteiger charge is 2.22. The van der Waals surface area contributed by atoms with Gasteiger partial charge >= 0.3 is 5.97 Å². The molecule has 0 aliphatic heterocycles. The van der Waals surface area contributed by atoms with Crippen LogP contribution in [0.3, 0.4) is 0 Å². The third-order valence-electron chi connectivity index (χ3n) is 2.56. The number of esters is 1. The van der Waals surface area contributed by atoms with E-state index >= 15 is 0 Å². The molecule has 0 N–H and O–H groups in total. The summed E-state index contributed by atoms with van der Waals surface area (Å²) in [6, 6.07) is 0. The van der Waals surface area contributed by atoms with Crippen LogP contribution >= 0.6 is 0 Å². The molecule has 0 radical (unpaired) electrons. The molecule has 0 aromatic rings. The fraction of sp³-hybridized carbons (Fsp3) is 0.800. The van der Waals surface area contributed by atoms with E-state index in [1.165, 1.54) is 32.1 Å². The molecule has 0 fully saturated rings. The topological polar surface area (TPSA) is 26.3 Å². The molecule has 0 aromatic heterocycles. The maximum absolute atomic E-state index is 11.4. The van der Waals surface area contributed by atoms with E-state index in [0.717, 1.165) is 6.42 Å². The second kappa shape index (κ2) is 9.26. The van der Waals surface area contributed by atoms with Crippen molar-refractivity contribution >= 4 is 5.97 Å². The van der Waals surface area contributed by atoms with Gasteiger partial charge in [0.25, 0.3) is 0 Å². The number of ether oxygens (including phenoxy) is 1. The second-order valence-electron chi connectivity index (χ2n) is 5.52. The van der Waals surface area contributed by atoms with Crippen molar-refractivity contribution in [2.75, 3.05) is 6.61 Å². The molecule has 100 valence electrons. The fourth-order valence-corrected chi connectivity index (χ4v) is 1.39. The first-order chi connectivity index (χ1) is 7.98. The molecule has 0 rings (SSSR count). The average molecular weight is 240 g/mol. The molecule has 0 atom stereocenters. The van der Waals surface area contributed by atoms with Gasteiger partial charge in [-0.3, -0.25) is 4.79 Å². The van der Waals surface area contributed by atoms with Crippen molar-refractivity contribution in [2.24, 2.45) is 5.41 Å². The van der Waals surface area contributed by atoms with Gasteiger partial charge in [-0.1, -0.05) is 44.8 Å². The summed E-state index contributed by atoms with van der Waals surface area (Å²) >= 11 is 0. The minimum absolute atomic E-state index is 0.134. The van der Waals surface area contributed by atoms with Crippen LogP contribution in [0.4, 0.5) is 0 Å². The van der Waals surface area contributed by atoms with Crippen molar-refractivity contribution in [3.05, 3.63) is 12.2 Å². The zero-order valence-electron chi connectivity index (χ0n) is 11.9. The van der Waals surface area contributed by atoms with Crippen LogP contribution in [0.25, 0.3) is 0 Å². The van der Waals surface area contributed by atoms with Gasteiger partial charge in [0, 0.05) is 0 Å². The predicted octanol–water partition coefficient (Wildman–Crippen LogP) is 4.49. The van der Waals surface area contributed by atoms with Crippen molar-refractivity contribution in [1.29, 1.82) is 0 Å². The summed E-state index contributed by atoms with van der Waals surface area (Å²) in [5, 5.41) is 0.